The van der Waals surface area contributed by atoms with Gasteiger partial charge in [0.1, 0.15) is 5.75 Å². The zero-order valence-electron chi connectivity index (χ0n) is 20.5. The van der Waals surface area contributed by atoms with Crippen LogP contribution >= 0.6 is 11.6 Å². The van der Waals surface area contributed by atoms with Crippen LogP contribution < -0.4 is 0 Å². The third-order valence-corrected chi connectivity index (χ3v) is 8.18. The number of hydrogen-bond donors (Lipinski definition) is 3. The molecule has 2 saturated heterocycles. The number of aliphatic hydroxyl groups excluding tert-OH is 1. The van der Waals surface area contributed by atoms with Crippen LogP contribution in [0.2, 0.25) is 11.3 Å². The van der Waals surface area contributed by atoms with E-state index in [2.05, 4.69) is 0 Å². The van der Waals surface area contributed by atoms with Crippen LogP contribution in [0.25, 0.3) is 11.6 Å². The van der Waals surface area contributed by atoms with Crippen molar-refractivity contribution in [3.05, 3.63) is 75.8 Å². The highest BCUT2D eigenvalue weighted by Gasteiger charge is 2.56. The Morgan fingerprint density at radius 1 is 1.16 bits per heavy atom. The summed E-state index contributed by atoms with van der Waals surface area (Å²) < 4.78 is 5.99. The summed E-state index contributed by atoms with van der Waals surface area (Å²) in [6.45, 7) is -0.222. The predicted octanol–water partition coefficient (Wildman–Crippen LogP) is 3.79. The van der Waals surface area contributed by atoms with Crippen molar-refractivity contribution in [2.75, 3.05) is 13.7 Å². The molecule has 4 atom stereocenters. The first kappa shape index (κ1) is 25.7. The fourth-order valence-electron chi connectivity index (χ4n) is 6.13. The van der Waals surface area contributed by atoms with Crippen LogP contribution in [0.1, 0.15) is 30.4 Å². The topological polar surface area (TPSA) is 107 Å². The number of carbonyl (C=O) groups excluding carboxylic acids is 2. The molecule has 7 nitrogen and oxygen atoms in total. The number of nitrogens with zero attached hydrogens (tertiary/aromatic N) is 1. The number of likely N-dealkylation sites (tertiary alicyclic amines) is 1. The van der Waals surface area contributed by atoms with Gasteiger partial charge in [-0.2, -0.15) is 0 Å². The molecule has 0 radical (unpaired) electrons. The molecule has 1 aliphatic carbocycles. The molecule has 2 amide bonds. The number of fused-ring (bicyclic) bond motifs is 3. The molecule has 0 saturated carbocycles. The summed E-state index contributed by atoms with van der Waals surface area (Å²) in [5.41, 5.74) is 4.32. The molecule has 2 fully saturated rings. The second kappa shape index (κ2) is 10.5. The van der Waals surface area contributed by atoms with Gasteiger partial charge >= 0.3 is 7.12 Å². The maximum atomic E-state index is 13.0. The summed E-state index contributed by atoms with van der Waals surface area (Å²) in [4.78, 5) is 26.9. The van der Waals surface area contributed by atoms with Gasteiger partial charge in [0.15, 0.2) is 0 Å². The van der Waals surface area contributed by atoms with E-state index in [9.17, 15) is 24.8 Å². The molecule has 2 aromatic rings. The first-order valence-electron chi connectivity index (χ1n) is 12.5. The molecule has 0 bridgehead atoms. The van der Waals surface area contributed by atoms with Crippen molar-refractivity contribution < 1.29 is 29.5 Å². The van der Waals surface area contributed by atoms with E-state index < -0.39 is 25.1 Å². The molecule has 2 heterocycles. The molecule has 0 unspecified atom stereocenters. The summed E-state index contributed by atoms with van der Waals surface area (Å²) in [5, 5.41) is 31.0. The molecule has 192 valence electrons. The quantitative estimate of drug-likeness (QED) is 0.231. The number of carbonyl (C=O) groups is 2. The van der Waals surface area contributed by atoms with Crippen LogP contribution in [0.4, 0.5) is 0 Å². The van der Waals surface area contributed by atoms with Gasteiger partial charge in [-0.05, 0) is 83.6 Å². The van der Waals surface area contributed by atoms with Crippen molar-refractivity contribution >= 4 is 42.2 Å². The zero-order chi connectivity index (χ0) is 26.3. The fraction of sp³-hybridized carbons (Fsp3) is 0.357. The summed E-state index contributed by atoms with van der Waals surface area (Å²) >= 11 is 6.39. The smallest absolute Gasteiger partial charge is 0.455 e. The van der Waals surface area contributed by atoms with Crippen molar-refractivity contribution in [3.8, 4) is 5.75 Å². The van der Waals surface area contributed by atoms with E-state index in [1.807, 2.05) is 36.4 Å². The summed E-state index contributed by atoms with van der Waals surface area (Å²) in [5.74, 6) is -1.76. The molecule has 3 N–H and O–H groups in total. The van der Waals surface area contributed by atoms with Gasteiger partial charge in [-0.15, -0.1) is 0 Å². The molecular weight excluding hydrogens is 493 g/mol. The Kier molecular flexibility index (Phi) is 7.27. The van der Waals surface area contributed by atoms with E-state index >= 15 is 0 Å². The Morgan fingerprint density at radius 3 is 2.62 bits per heavy atom. The minimum Gasteiger partial charge on any atom is -0.508 e. The molecule has 3 aliphatic rings. The van der Waals surface area contributed by atoms with Crippen LogP contribution in [-0.2, 0) is 14.2 Å². The minimum absolute atomic E-state index is 0.0868. The standard InChI is InChI=1S/C28H29BClNO6/c1-31-27(34)21-12-19(15-32)25-22(26(21)28(31)35)14-29(36)37-24(25)10-8-17(16-5-3-2-4-6-16)11-18-7-9-20(33)13-23(18)30/h2-7,9,11,13,21-22,24,26,32-33,36H,8,10,12,14-15H2,1H3/b17-11-/t21-,22+,24-,26-/m1/s1. The first-order chi connectivity index (χ1) is 17.8. The highest BCUT2D eigenvalue weighted by molar-refractivity contribution is 6.43. The first-order valence-corrected chi connectivity index (χ1v) is 12.9. The highest BCUT2D eigenvalue weighted by Crippen LogP contribution is 2.50. The lowest BCUT2D eigenvalue weighted by Gasteiger charge is -2.43. The van der Waals surface area contributed by atoms with Gasteiger partial charge in [0.05, 0.1) is 29.6 Å². The Hall–Kier alpha value is -2.91. The Labute approximate surface area is 221 Å². The highest BCUT2D eigenvalue weighted by atomic mass is 35.5. The van der Waals surface area contributed by atoms with Gasteiger partial charge in [-0.25, -0.2) is 0 Å². The number of allylic oxidation sites excluding steroid dienone is 1. The SMILES string of the molecule is CN1C(=O)[C@@H]2[C@@H](CC(CO)=C3[C@@H](CC/C(=C/c4ccc(O)cc4Cl)c4ccccc4)OB(O)C[C@@H]32)C1=O. The van der Waals surface area contributed by atoms with Crippen molar-refractivity contribution in [2.45, 2.75) is 31.7 Å². The number of halogens is 1. The molecule has 37 heavy (non-hydrogen) atoms. The maximum Gasteiger partial charge on any atom is 0.455 e. The van der Waals surface area contributed by atoms with Crippen molar-refractivity contribution in [1.82, 2.24) is 4.90 Å². The van der Waals surface area contributed by atoms with Gasteiger partial charge in [0.25, 0.3) is 0 Å². The third-order valence-electron chi connectivity index (χ3n) is 7.85. The monoisotopic (exact) mass is 521 g/mol. The van der Waals surface area contributed by atoms with Crippen LogP contribution in [-0.4, -0.2) is 58.8 Å². The number of hydrogen-bond acceptors (Lipinski definition) is 6. The second-order valence-electron chi connectivity index (χ2n) is 9.99. The van der Waals surface area contributed by atoms with Crippen molar-refractivity contribution in [3.63, 3.8) is 0 Å². The van der Waals surface area contributed by atoms with E-state index in [-0.39, 0.29) is 36.4 Å². The lowest BCUT2D eigenvalue weighted by atomic mass is 9.58. The summed E-state index contributed by atoms with van der Waals surface area (Å²) in [6, 6.07) is 14.7. The van der Waals surface area contributed by atoms with Gasteiger partial charge in [-0.3, -0.25) is 14.5 Å². The molecule has 5 rings (SSSR count). The maximum absolute atomic E-state index is 13.0. The van der Waals surface area contributed by atoms with Gasteiger partial charge in [0.2, 0.25) is 11.8 Å². The number of amides is 2. The number of phenols is 1. The molecule has 9 heteroatoms. The average molecular weight is 522 g/mol. The largest absolute Gasteiger partial charge is 0.508 e. The molecule has 0 spiro atoms. The lowest BCUT2D eigenvalue weighted by Crippen LogP contribution is -2.46. The average Bonchev–Trinajstić information content (AvgIpc) is 3.11. The van der Waals surface area contributed by atoms with E-state index in [0.717, 1.165) is 27.8 Å². The number of aromatic hydroxyl groups is 1. The van der Waals surface area contributed by atoms with Crippen molar-refractivity contribution in [2.24, 2.45) is 17.8 Å². The minimum atomic E-state index is -1.07. The van der Waals surface area contributed by atoms with Crippen LogP contribution in [0.3, 0.4) is 0 Å². The van der Waals surface area contributed by atoms with E-state index in [1.165, 1.54) is 18.0 Å². The molecule has 0 aromatic heterocycles. The number of aliphatic hydroxyl groups is 1. The number of imide groups is 1. The van der Waals surface area contributed by atoms with Gasteiger partial charge < -0.3 is 19.9 Å². The Balaban J connectivity index is 1.47. The zero-order valence-corrected chi connectivity index (χ0v) is 21.3. The molecular formula is C28H29BClNO6. The summed E-state index contributed by atoms with van der Waals surface area (Å²) in [6.07, 6.45) is 3.07. The number of phenolic OH excluding ortho intramolecular Hbond substituents is 1. The van der Waals surface area contributed by atoms with Crippen LogP contribution in [0, 0.1) is 17.8 Å². The van der Waals surface area contributed by atoms with E-state index in [4.69, 9.17) is 16.3 Å². The Morgan fingerprint density at radius 2 is 1.92 bits per heavy atom. The normalized spacial score (nSPS) is 26.0. The molecule has 2 aromatic carbocycles. The molecule has 2 aliphatic heterocycles. The van der Waals surface area contributed by atoms with Crippen LogP contribution in [0.5, 0.6) is 5.75 Å². The second-order valence-corrected chi connectivity index (χ2v) is 10.4. The lowest BCUT2D eigenvalue weighted by molar-refractivity contribution is -0.138. The Bertz CT molecular complexity index is 1280. The van der Waals surface area contributed by atoms with E-state index in [0.29, 0.717) is 24.3 Å². The summed E-state index contributed by atoms with van der Waals surface area (Å²) in [7, 11) is 0.432. The van der Waals surface area contributed by atoms with E-state index in [1.54, 1.807) is 12.1 Å². The van der Waals surface area contributed by atoms with Gasteiger partial charge in [0, 0.05) is 7.05 Å². The van der Waals surface area contributed by atoms with Gasteiger partial charge in [-0.1, -0.05) is 41.9 Å². The van der Waals surface area contributed by atoms with Crippen LogP contribution in [0.15, 0.2) is 59.7 Å². The third kappa shape index (κ3) is 4.87. The number of benzene rings is 2. The number of rotatable bonds is 6. The predicted molar refractivity (Wildman–Crippen MR) is 141 cm³/mol. The fourth-order valence-corrected chi connectivity index (χ4v) is 6.36. The van der Waals surface area contributed by atoms with Crippen molar-refractivity contribution in [1.29, 1.82) is 0 Å².